The van der Waals surface area contributed by atoms with Gasteiger partial charge >= 0.3 is 0 Å². The van der Waals surface area contributed by atoms with Gasteiger partial charge in [0.2, 0.25) is 10.0 Å². The van der Waals surface area contributed by atoms with E-state index in [1.165, 1.54) is 18.8 Å². The molecule has 8 nitrogen and oxygen atoms in total. The molecule has 0 aliphatic heterocycles. The second-order valence-corrected chi connectivity index (χ2v) is 10.5. The maximum atomic E-state index is 15.0. The highest BCUT2D eigenvalue weighted by Gasteiger charge is 2.25. The van der Waals surface area contributed by atoms with Crippen LogP contribution in [0.2, 0.25) is 0 Å². The van der Waals surface area contributed by atoms with E-state index in [0.717, 1.165) is 25.7 Å². The van der Waals surface area contributed by atoms with Crippen LogP contribution in [-0.4, -0.2) is 36.1 Å². The Kier molecular flexibility index (Phi) is 7.62. The number of amides is 1. The fourth-order valence-corrected chi connectivity index (χ4v) is 5.41. The van der Waals surface area contributed by atoms with E-state index in [4.69, 9.17) is 0 Å². The topological polar surface area (TPSA) is 113 Å². The van der Waals surface area contributed by atoms with E-state index in [2.05, 4.69) is 15.3 Å². The van der Waals surface area contributed by atoms with Gasteiger partial charge in [-0.3, -0.25) is 9.52 Å². The van der Waals surface area contributed by atoms with Crippen molar-refractivity contribution in [2.75, 3.05) is 21.1 Å². The molecule has 1 heterocycles. The van der Waals surface area contributed by atoms with Gasteiger partial charge < -0.3 is 10.6 Å². The molecular formula is C24H26F3N5O3S. The van der Waals surface area contributed by atoms with Crippen LogP contribution in [-0.2, 0) is 10.0 Å². The van der Waals surface area contributed by atoms with E-state index in [1.807, 2.05) is 10.0 Å². The standard InChI is InChI=1S/C24H26F3N5O3S/c1-2-11-36(34,35)32-18-12-17(25)19(26)22(20(18)27)31-24(33)16-10-6-9-15-21(16)28-13-29-23(15)30-14-7-4-3-5-8-14/h6,9-10,12-14,32H,2-5,7-8,11H2,1H3,(H,31,33)(H,28,29,30). The third-order valence-electron chi connectivity index (χ3n) is 5.99. The SMILES string of the molecule is CCCS(=O)(=O)Nc1cc(F)c(F)c(NC(=O)c2cccc3c(NC4CCCCC4)ncnc23)c1F. The summed E-state index contributed by atoms with van der Waals surface area (Å²) in [6, 6.07) is 5.34. The molecule has 1 aliphatic carbocycles. The zero-order chi connectivity index (χ0) is 25.9. The van der Waals surface area contributed by atoms with Crippen LogP contribution in [0.3, 0.4) is 0 Å². The molecule has 36 heavy (non-hydrogen) atoms. The first kappa shape index (κ1) is 25.7. The molecule has 192 valence electrons. The molecule has 3 N–H and O–H groups in total. The third-order valence-corrected chi connectivity index (χ3v) is 7.47. The number of carbonyl (C=O) groups excluding carboxylic acids is 1. The molecule has 1 saturated carbocycles. The lowest BCUT2D eigenvalue weighted by molar-refractivity contribution is 0.102. The number of benzene rings is 2. The second kappa shape index (κ2) is 10.7. The molecule has 0 saturated heterocycles. The van der Waals surface area contributed by atoms with E-state index >= 15 is 4.39 Å². The summed E-state index contributed by atoms with van der Waals surface area (Å²) in [5.74, 6) is -5.39. The average molecular weight is 522 g/mol. The van der Waals surface area contributed by atoms with E-state index in [0.29, 0.717) is 17.3 Å². The number of nitrogens with zero attached hydrogens (tertiary/aromatic N) is 2. The average Bonchev–Trinajstić information content (AvgIpc) is 2.85. The van der Waals surface area contributed by atoms with Crippen LogP contribution in [0.15, 0.2) is 30.6 Å². The number of hydrogen-bond donors (Lipinski definition) is 3. The number of halogens is 3. The molecule has 1 fully saturated rings. The largest absolute Gasteiger partial charge is 0.367 e. The lowest BCUT2D eigenvalue weighted by Gasteiger charge is -2.23. The first-order valence-electron chi connectivity index (χ1n) is 11.7. The van der Waals surface area contributed by atoms with Crippen LogP contribution in [0.5, 0.6) is 0 Å². The van der Waals surface area contributed by atoms with E-state index < -0.39 is 44.8 Å². The number of sulfonamides is 1. The molecule has 2 aromatic carbocycles. The molecule has 0 bridgehead atoms. The first-order valence-corrected chi connectivity index (χ1v) is 13.3. The third kappa shape index (κ3) is 5.53. The van der Waals surface area contributed by atoms with Gasteiger partial charge in [-0.25, -0.2) is 31.6 Å². The zero-order valence-electron chi connectivity index (χ0n) is 19.6. The predicted octanol–water partition coefficient (Wildman–Crippen LogP) is 5.20. The monoisotopic (exact) mass is 521 g/mol. The van der Waals surface area contributed by atoms with E-state index in [-0.39, 0.29) is 29.3 Å². The summed E-state index contributed by atoms with van der Waals surface area (Å²) >= 11 is 0. The Balaban J connectivity index is 1.66. The van der Waals surface area contributed by atoms with Gasteiger partial charge in [-0.2, -0.15) is 0 Å². The predicted molar refractivity (Wildman–Crippen MR) is 132 cm³/mol. The first-order chi connectivity index (χ1) is 17.2. The molecule has 4 rings (SSSR count). The van der Waals surface area contributed by atoms with Crippen LogP contribution >= 0.6 is 0 Å². The van der Waals surface area contributed by atoms with Crippen LogP contribution in [0, 0.1) is 17.5 Å². The summed E-state index contributed by atoms with van der Waals surface area (Å²) in [7, 11) is -4.00. The lowest BCUT2D eigenvalue weighted by Crippen LogP contribution is -2.23. The van der Waals surface area contributed by atoms with Gasteiger partial charge in [0.15, 0.2) is 17.5 Å². The Morgan fingerprint density at radius 3 is 2.56 bits per heavy atom. The highest BCUT2D eigenvalue weighted by atomic mass is 32.2. The molecule has 3 aromatic rings. The number of fused-ring (bicyclic) bond motifs is 1. The van der Waals surface area contributed by atoms with Crippen molar-refractivity contribution >= 4 is 44.0 Å². The van der Waals surface area contributed by atoms with Crippen LogP contribution in [0.4, 0.5) is 30.4 Å². The maximum absolute atomic E-state index is 15.0. The Bertz CT molecular complexity index is 1400. The minimum atomic E-state index is -4.00. The molecule has 12 heteroatoms. The van der Waals surface area contributed by atoms with E-state index in [9.17, 15) is 22.0 Å². The Morgan fingerprint density at radius 2 is 1.83 bits per heavy atom. The number of carbonyl (C=O) groups is 1. The van der Waals surface area contributed by atoms with E-state index in [1.54, 1.807) is 19.1 Å². The van der Waals surface area contributed by atoms with Gasteiger partial charge in [0.05, 0.1) is 22.5 Å². The summed E-state index contributed by atoms with van der Waals surface area (Å²) in [5, 5.41) is 5.97. The molecule has 1 amide bonds. The minimum Gasteiger partial charge on any atom is -0.367 e. The maximum Gasteiger partial charge on any atom is 0.258 e. The lowest BCUT2D eigenvalue weighted by atomic mass is 9.95. The summed E-state index contributed by atoms with van der Waals surface area (Å²) in [6.07, 6.45) is 6.90. The van der Waals surface area contributed by atoms with Gasteiger partial charge in [-0.05, 0) is 31.4 Å². The molecule has 0 spiro atoms. The Labute approximate surface area is 206 Å². The number of rotatable bonds is 8. The van der Waals surface area contributed by atoms with Crippen molar-refractivity contribution in [3.63, 3.8) is 0 Å². The fourth-order valence-electron chi connectivity index (χ4n) is 4.28. The van der Waals surface area contributed by atoms with Crippen molar-refractivity contribution in [2.24, 2.45) is 0 Å². The van der Waals surface area contributed by atoms with Gasteiger partial charge in [0.1, 0.15) is 17.8 Å². The smallest absolute Gasteiger partial charge is 0.258 e. The zero-order valence-corrected chi connectivity index (χ0v) is 20.4. The van der Waals surface area contributed by atoms with Gasteiger partial charge in [-0.1, -0.05) is 32.3 Å². The van der Waals surface area contributed by atoms with Crippen molar-refractivity contribution in [1.82, 2.24) is 9.97 Å². The number of hydrogen-bond acceptors (Lipinski definition) is 6. The minimum absolute atomic E-state index is 0.0160. The van der Waals surface area contributed by atoms with Crippen molar-refractivity contribution in [2.45, 2.75) is 51.5 Å². The second-order valence-electron chi connectivity index (χ2n) is 8.69. The summed E-state index contributed by atoms with van der Waals surface area (Å²) in [6.45, 7) is 1.59. The highest BCUT2D eigenvalue weighted by Crippen LogP contribution is 2.31. The quantitative estimate of drug-likeness (QED) is 0.352. The normalized spacial score (nSPS) is 14.6. The summed E-state index contributed by atoms with van der Waals surface area (Å²) in [4.78, 5) is 21.5. The summed E-state index contributed by atoms with van der Waals surface area (Å²) in [5.41, 5.74) is -1.69. The van der Waals surface area contributed by atoms with Crippen molar-refractivity contribution < 1.29 is 26.4 Å². The van der Waals surface area contributed by atoms with Crippen molar-refractivity contribution in [3.05, 3.63) is 53.6 Å². The summed E-state index contributed by atoms with van der Waals surface area (Å²) < 4.78 is 69.7. The Hall–Kier alpha value is -3.41. The number of para-hydroxylation sites is 1. The van der Waals surface area contributed by atoms with Gasteiger partial charge in [0, 0.05) is 17.5 Å². The number of anilines is 3. The molecule has 1 aromatic heterocycles. The Morgan fingerprint density at radius 1 is 1.08 bits per heavy atom. The van der Waals surface area contributed by atoms with Gasteiger partial charge in [0.25, 0.3) is 5.91 Å². The molecule has 0 atom stereocenters. The molecule has 1 aliphatic rings. The molecular weight excluding hydrogens is 495 g/mol. The van der Waals surface area contributed by atoms with Crippen LogP contribution in [0.25, 0.3) is 10.9 Å². The number of aromatic nitrogens is 2. The van der Waals surface area contributed by atoms with Crippen LogP contribution in [0.1, 0.15) is 55.8 Å². The number of nitrogens with one attached hydrogen (secondary N) is 3. The molecule has 0 radical (unpaired) electrons. The van der Waals surface area contributed by atoms with Crippen molar-refractivity contribution in [1.29, 1.82) is 0 Å². The highest BCUT2D eigenvalue weighted by molar-refractivity contribution is 7.92. The van der Waals surface area contributed by atoms with Crippen LogP contribution < -0.4 is 15.4 Å². The molecule has 0 unspecified atom stereocenters. The fraction of sp³-hybridized carbons (Fsp3) is 0.375. The van der Waals surface area contributed by atoms with Gasteiger partial charge in [-0.15, -0.1) is 0 Å². The van der Waals surface area contributed by atoms with Crippen molar-refractivity contribution in [3.8, 4) is 0 Å².